The van der Waals surface area contributed by atoms with Crippen molar-refractivity contribution in [2.45, 2.75) is 69.7 Å². The van der Waals surface area contributed by atoms with Gasteiger partial charge in [-0.05, 0) is 110 Å². The number of phenols is 2. The molecular weight excluding hydrogens is 830 g/mol. The van der Waals surface area contributed by atoms with Gasteiger partial charge in [-0.1, -0.05) is 48.0 Å². The fraction of sp³-hybridized carbons (Fsp3) is 0.289. The number of carbonyl (C=O) groups excluding carboxylic acids is 6. The standard InChI is InChI=1S/C45H48ClN9O8/c1-24(39(58)40-48-23-49-54-40)50-43(61)35-21-26-7-17-36(56)32(20-26)33-22-30(14-18-37(33)57)38(44(62)51-25(2)41(59)53-35)55(3)45(63)34(6-4-5-19-47)52-42(60)29-10-8-27(9-11-29)28-12-15-31(46)16-13-28/h7-18,20,22-25,34-35,38,56-57H,4-6,19,21,47H2,1-3H3,(H,50,61)(H,51,62)(H,52,60)(H,53,59)(H,48,49,54)/t24-,25-,34-,35-,38-/m0/s1. The molecule has 4 aromatic carbocycles. The average Bonchev–Trinajstić information content (AvgIpc) is 3.82. The van der Waals surface area contributed by atoms with Crippen LogP contribution in [-0.4, -0.2) is 103 Å². The first kappa shape index (κ1) is 45.4. The summed E-state index contributed by atoms with van der Waals surface area (Å²) < 4.78 is 0. The number of aromatic nitrogens is 3. The second-order valence-electron chi connectivity index (χ2n) is 15.3. The maximum atomic E-state index is 14.6. The van der Waals surface area contributed by atoms with E-state index in [4.69, 9.17) is 17.3 Å². The molecule has 63 heavy (non-hydrogen) atoms. The molecule has 18 heteroatoms. The van der Waals surface area contributed by atoms with Gasteiger partial charge in [-0.2, -0.15) is 5.10 Å². The van der Waals surface area contributed by atoms with E-state index in [0.29, 0.717) is 30.0 Å². The van der Waals surface area contributed by atoms with E-state index in [2.05, 4.69) is 36.4 Å². The monoisotopic (exact) mass is 877 g/mol. The van der Waals surface area contributed by atoms with Crippen molar-refractivity contribution in [1.82, 2.24) is 41.3 Å². The van der Waals surface area contributed by atoms with E-state index < -0.39 is 65.5 Å². The number of benzene rings is 4. The molecule has 0 saturated carbocycles. The molecule has 5 atom stereocenters. The summed E-state index contributed by atoms with van der Waals surface area (Å²) in [6.45, 7) is 3.18. The summed E-state index contributed by atoms with van der Waals surface area (Å²) in [5.74, 6) is -4.64. The molecule has 1 aliphatic rings. The number of rotatable bonds is 13. The molecule has 0 spiro atoms. The third kappa shape index (κ3) is 10.9. The lowest BCUT2D eigenvalue weighted by atomic mass is 9.93. The summed E-state index contributed by atoms with van der Waals surface area (Å²) in [6.07, 6.45) is 2.21. The van der Waals surface area contributed by atoms with Crippen LogP contribution in [-0.2, 0) is 25.6 Å². The Morgan fingerprint density at radius 1 is 0.873 bits per heavy atom. The summed E-state index contributed by atoms with van der Waals surface area (Å²) in [5.41, 5.74) is 8.69. The van der Waals surface area contributed by atoms with Crippen molar-refractivity contribution in [3.8, 4) is 33.8 Å². The van der Waals surface area contributed by atoms with E-state index in [1.807, 2.05) is 12.1 Å². The Labute approximate surface area is 367 Å². The van der Waals surface area contributed by atoms with E-state index in [1.54, 1.807) is 36.4 Å². The van der Waals surface area contributed by atoms with Crippen LogP contribution in [0.25, 0.3) is 22.3 Å². The van der Waals surface area contributed by atoms with E-state index in [-0.39, 0.29) is 52.4 Å². The number of carbonyl (C=O) groups is 6. The van der Waals surface area contributed by atoms with Crippen molar-refractivity contribution in [3.05, 3.63) is 119 Å². The van der Waals surface area contributed by atoms with Crippen LogP contribution in [0.1, 0.15) is 71.3 Å². The first-order valence-electron chi connectivity index (χ1n) is 20.2. The number of hydrogen-bond acceptors (Lipinski definition) is 11. The molecule has 0 aliphatic carbocycles. The van der Waals surface area contributed by atoms with E-state index in [9.17, 15) is 39.0 Å². The molecule has 9 N–H and O–H groups in total. The highest BCUT2D eigenvalue weighted by molar-refractivity contribution is 6.30. The number of amides is 5. The highest BCUT2D eigenvalue weighted by Gasteiger charge is 2.36. The molecule has 0 saturated heterocycles. The second kappa shape index (κ2) is 20.2. The lowest BCUT2D eigenvalue weighted by molar-refractivity contribution is -0.141. The number of nitrogens with zero attached hydrogens (tertiary/aromatic N) is 3. The summed E-state index contributed by atoms with van der Waals surface area (Å²) in [6, 6.07) is 16.5. The third-order valence-electron chi connectivity index (χ3n) is 10.8. The predicted molar refractivity (Wildman–Crippen MR) is 233 cm³/mol. The number of ketones is 1. The molecule has 0 unspecified atom stereocenters. The molecule has 4 bridgehead atoms. The largest absolute Gasteiger partial charge is 0.507 e. The first-order chi connectivity index (χ1) is 30.1. The van der Waals surface area contributed by atoms with Crippen LogP contribution in [0.3, 0.4) is 0 Å². The minimum absolute atomic E-state index is 0.0813. The molecule has 0 radical (unpaired) electrons. The van der Waals surface area contributed by atoms with Gasteiger partial charge in [0, 0.05) is 35.2 Å². The maximum absolute atomic E-state index is 14.6. The normalized spacial score (nSPS) is 17.3. The Bertz CT molecular complexity index is 2480. The quantitative estimate of drug-likeness (QED) is 0.0627. The van der Waals surface area contributed by atoms with Gasteiger partial charge >= 0.3 is 0 Å². The average molecular weight is 878 g/mol. The molecule has 0 fully saturated rings. The highest BCUT2D eigenvalue weighted by atomic mass is 35.5. The molecule has 17 nitrogen and oxygen atoms in total. The van der Waals surface area contributed by atoms with Crippen LogP contribution < -0.4 is 27.0 Å². The Balaban J connectivity index is 1.31. The first-order valence-corrected chi connectivity index (χ1v) is 20.6. The third-order valence-corrected chi connectivity index (χ3v) is 11.0. The van der Waals surface area contributed by atoms with Crippen molar-refractivity contribution in [1.29, 1.82) is 0 Å². The highest BCUT2D eigenvalue weighted by Crippen LogP contribution is 2.39. The zero-order valence-electron chi connectivity index (χ0n) is 34.7. The molecule has 6 rings (SSSR count). The van der Waals surface area contributed by atoms with E-state index in [1.165, 1.54) is 57.3 Å². The number of fused-ring (bicyclic) bond motifs is 5. The van der Waals surface area contributed by atoms with E-state index in [0.717, 1.165) is 22.4 Å². The molecule has 328 valence electrons. The number of H-pyrrole nitrogens is 1. The second-order valence-corrected chi connectivity index (χ2v) is 15.7. The molecule has 2 heterocycles. The number of likely N-dealkylation sites (N-methyl/N-ethyl adjacent to an activating group) is 1. The molecule has 1 aromatic heterocycles. The number of unbranched alkanes of at least 4 members (excludes halogenated alkanes) is 1. The number of aromatic amines is 1. The minimum Gasteiger partial charge on any atom is -0.507 e. The van der Waals surface area contributed by atoms with Gasteiger partial charge in [0.05, 0.1) is 6.04 Å². The van der Waals surface area contributed by atoms with Gasteiger partial charge in [0.2, 0.25) is 29.4 Å². The lowest BCUT2D eigenvalue weighted by Crippen LogP contribution is -2.57. The lowest BCUT2D eigenvalue weighted by Gasteiger charge is -2.32. The van der Waals surface area contributed by atoms with Crippen molar-refractivity contribution in [2.75, 3.05) is 13.6 Å². The maximum Gasteiger partial charge on any atom is 0.251 e. The summed E-state index contributed by atoms with van der Waals surface area (Å²) in [4.78, 5) is 88.1. The summed E-state index contributed by atoms with van der Waals surface area (Å²) >= 11 is 6.05. The van der Waals surface area contributed by atoms with Crippen LogP contribution in [0, 0.1) is 0 Å². The predicted octanol–water partition coefficient (Wildman–Crippen LogP) is 3.56. The Kier molecular flexibility index (Phi) is 14.5. The number of aromatic hydroxyl groups is 2. The summed E-state index contributed by atoms with van der Waals surface area (Å²) in [7, 11) is 1.38. The van der Waals surface area contributed by atoms with Gasteiger partial charge < -0.3 is 42.1 Å². The van der Waals surface area contributed by atoms with Crippen LogP contribution in [0.4, 0.5) is 0 Å². The van der Waals surface area contributed by atoms with E-state index >= 15 is 0 Å². The van der Waals surface area contributed by atoms with Gasteiger partial charge in [0.1, 0.15) is 42.0 Å². The Morgan fingerprint density at radius 2 is 1.52 bits per heavy atom. The zero-order valence-corrected chi connectivity index (χ0v) is 35.5. The summed E-state index contributed by atoms with van der Waals surface area (Å²) in [5, 5.41) is 39.7. The smallest absolute Gasteiger partial charge is 0.251 e. The molecule has 5 amide bonds. The Hall–Kier alpha value is -7.11. The van der Waals surface area contributed by atoms with Gasteiger partial charge in [-0.15, -0.1) is 0 Å². The Morgan fingerprint density at radius 3 is 2.17 bits per heavy atom. The topological polar surface area (TPSA) is 262 Å². The van der Waals surface area contributed by atoms with Crippen molar-refractivity contribution in [3.63, 3.8) is 0 Å². The fourth-order valence-corrected chi connectivity index (χ4v) is 7.37. The van der Waals surface area contributed by atoms with Crippen molar-refractivity contribution >= 4 is 46.9 Å². The zero-order chi connectivity index (χ0) is 45.4. The number of nitrogens with two attached hydrogens (primary N) is 1. The van der Waals surface area contributed by atoms with Gasteiger partial charge in [-0.3, -0.25) is 33.9 Å². The fourth-order valence-electron chi connectivity index (χ4n) is 7.25. The number of phenolic OH excluding ortho intramolecular Hbond substituents is 2. The number of halogens is 1. The minimum atomic E-state index is -1.45. The number of Topliss-reactive ketones (excluding diaryl/α,β-unsaturated/α-hetero) is 1. The van der Waals surface area contributed by atoms with Crippen LogP contribution >= 0.6 is 11.6 Å². The molecule has 5 aromatic rings. The van der Waals surface area contributed by atoms with Gasteiger partial charge in [-0.25, -0.2) is 4.98 Å². The molecular formula is C45H48ClN9O8. The van der Waals surface area contributed by atoms with Crippen LogP contribution in [0.2, 0.25) is 5.02 Å². The van der Waals surface area contributed by atoms with Gasteiger partial charge in [0.15, 0.2) is 5.82 Å². The van der Waals surface area contributed by atoms with Gasteiger partial charge in [0.25, 0.3) is 5.91 Å². The van der Waals surface area contributed by atoms with Crippen molar-refractivity contribution in [2.24, 2.45) is 5.73 Å². The van der Waals surface area contributed by atoms with Crippen LogP contribution in [0.5, 0.6) is 11.5 Å². The van der Waals surface area contributed by atoms with Crippen LogP contribution in [0.15, 0.2) is 91.3 Å². The number of hydrogen-bond donors (Lipinski definition) is 8. The molecule has 1 aliphatic heterocycles. The number of nitrogens with one attached hydrogen (secondary N) is 5. The van der Waals surface area contributed by atoms with Crippen molar-refractivity contribution < 1.29 is 39.0 Å². The SMILES string of the molecule is C[C@@H]1NC(=O)[C@@H](N(C)C(=O)[C@H](CCCCN)NC(=O)c2ccc(-c3ccc(Cl)cc3)cc2)c2ccc(O)c(c2)-c2cc(ccc2O)C[C@@H](C(=O)N[C@@H](C)C(=O)c2ncn[nH]2)NC1=O.